The molecule has 1 aliphatic heterocycles. The Morgan fingerprint density at radius 2 is 2.05 bits per heavy atom. The maximum atomic E-state index is 12.1. The van der Waals surface area contributed by atoms with E-state index in [1.54, 1.807) is 0 Å². The monoisotopic (exact) mass is 267 g/mol. The van der Waals surface area contributed by atoms with Gasteiger partial charge in [0.15, 0.2) is 0 Å². The van der Waals surface area contributed by atoms with Crippen LogP contribution >= 0.6 is 0 Å². The number of hydrogen-bond donors (Lipinski definition) is 0. The Balaban J connectivity index is 1.98. The lowest BCUT2D eigenvalue weighted by Gasteiger charge is -2.40. The molecular weight excluding hydrogens is 242 g/mol. The Hall–Kier alpha value is -0.900. The Morgan fingerprint density at radius 3 is 2.79 bits per heavy atom. The lowest BCUT2D eigenvalue weighted by molar-refractivity contribution is -0.147. The lowest BCUT2D eigenvalue weighted by atomic mass is 9.79. The van der Waals surface area contributed by atoms with Gasteiger partial charge in [0.2, 0.25) is 0 Å². The summed E-state index contributed by atoms with van der Waals surface area (Å²) in [6.45, 7) is 3.53. The van der Waals surface area contributed by atoms with E-state index in [4.69, 9.17) is 4.74 Å². The Labute approximate surface area is 115 Å². The first-order chi connectivity index (χ1) is 9.22. The number of nitrogens with zero attached hydrogens (tertiary/aromatic N) is 1. The fourth-order valence-corrected chi connectivity index (χ4v) is 3.46. The molecule has 0 aromatic heterocycles. The number of ketones is 1. The van der Waals surface area contributed by atoms with Gasteiger partial charge in [-0.2, -0.15) is 0 Å². The van der Waals surface area contributed by atoms with Crippen molar-refractivity contribution in [3.63, 3.8) is 0 Å². The number of Topliss-reactive ketones (excluding diaryl/α,β-unsaturated/α-hetero) is 1. The quantitative estimate of drug-likeness (QED) is 0.732. The summed E-state index contributed by atoms with van der Waals surface area (Å²) in [5.74, 6) is 0.410. The first-order valence-electron chi connectivity index (χ1n) is 7.64. The third-order valence-corrected chi connectivity index (χ3v) is 4.37. The molecule has 108 valence electrons. The van der Waals surface area contributed by atoms with E-state index in [2.05, 4.69) is 4.90 Å². The minimum absolute atomic E-state index is 0.155. The maximum Gasteiger partial charge on any atom is 0.320 e. The predicted molar refractivity (Wildman–Crippen MR) is 72.8 cm³/mol. The molecule has 0 spiro atoms. The molecule has 1 saturated heterocycles. The van der Waals surface area contributed by atoms with Crippen LogP contribution in [-0.2, 0) is 14.3 Å². The fourth-order valence-electron chi connectivity index (χ4n) is 3.46. The van der Waals surface area contributed by atoms with Crippen molar-refractivity contribution in [2.75, 3.05) is 19.7 Å². The molecule has 2 aliphatic rings. The smallest absolute Gasteiger partial charge is 0.320 e. The molecule has 19 heavy (non-hydrogen) atoms. The summed E-state index contributed by atoms with van der Waals surface area (Å²) in [6, 6.07) is 0.269. The highest BCUT2D eigenvalue weighted by Crippen LogP contribution is 2.31. The van der Waals surface area contributed by atoms with E-state index in [-0.39, 0.29) is 17.9 Å². The summed E-state index contributed by atoms with van der Waals surface area (Å²) in [4.78, 5) is 26.0. The van der Waals surface area contributed by atoms with Crippen molar-refractivity contribution in [3.8, 4) is 0 Å². The number of likely N-dealkylation sites (tertiary alicyclic amines) is 1. The van der Waals surface area contributed by atoms with Crippen molar-refractivity contribution in [1.29, 1.82) is 0 Å². The van der Waals surface area contributed by atoms with Crippen molar-refractivity contribution in [2.24, 2.45) is 5.92 Å². The van der Waals surface area contributed by atoms with E-state index in [1.165, 1.54) is 6.42 Å². The van der Waals surface area contributed by atoms with Crippen molar-refractivity contribution in [3.05, 3.63) is 0 Å². The van der Waals surface area contributed by atoms with Crippen molar-refractivity contribution in [2.45, 2.75) is 57.9 Å². The van der Waals surface area contributed by atoms with E-state index in [1.807, 2.05) is 6.92 Å². The number of piperidine rings is 1. The minimum Gasteiger partial charge on any atom is -0.465 e. The van der Waals surface area contributed by atoms with Gasteiger partial charge in [0.1, 0.15) is 5.78 Å². The second-order valence-corrected chi connectivity index (χ2v) is 5.66. The van der Waals surface area contributed by atoms with Crippen LogP contribution in [0.4, 0.5) is 0 Å². The van der Waals surface area contributed by atoms with Crippen LogP contribution in [0.3, 0.4) is 0 Å². The number of carbonyl (C=O) groups is 2. The van der Waals surface area contributed by atoms with Crippen LogP contribution in [0.1, 0.15) is 51.9 Å². The molecule has 0 amide bonds. The van der Waals surface area contributed by atoms with Crippen LogP contribution in [0.15, 0.2) is 0 Å². The van der Waals surface area contributed by atoms with Crippen LogP contribution in [0, 0.1) is 5.92 Å². The highest BCUT2D eigenvalue weighted by molar-refractivity contribution is 5.82. The van der Waals surface area contributed by atoms with E-state index in [0.29, 0.717) is 18.9 Å². The number of hydrogen-bond acceptors (Lipinski definition) is 4. The van der Waals surface area contributed by atoms with E-state index < -0.39 is 0 Å². The molecule has 2 unspecified atom stereocenters. The molecule has 0 aromatic rings. The Morgan fingerprint density at radius 1 is 1.26 bits per heavy atom. The zero-order valence-corrected chi connectivity index (χ0v) is 11.9. The summed E-state index contributed by atoms with van der Waals surface area (Å²) >= 11 is 0. The van der Waals surface area contributed by atoms with Gasteiger partial charge in [-0.25, -0.2) is 0 Å². The predicted octanol–water partition coefficient (Wildman–Crippen LogP) is 2.16. The highest BCUT2D eigenvalue weighted by atomic mass is 16.5. The largest absolute Gasteiger partial charge is 0.465 e. The molecule has 2 atom stereocenters. The number of ether oxygens (including phenoxy) is 1. The Bertz CT molecular complexity index is 329. The van der Waals surface area contributed by atoms with Crippen LogP contribution in [0.25, 0.3) is 0 Å². The van der Waals surface area contributed by atoms with Gasteiger partial charge < -0.3 is 4.74 Å². The topological polar surface area (TPSA) is 46.6 Å². The highest BCUT2D eigenvalue weighted by Gasteiger charge is 2.36. The number of esters is 1. The average molecular weight is 267 g/mol. The summed E-state index contributed by atoms with van der Waals surface area (Å²) < 4.78 is 5.04. The average Bonchev–Trinajstić information content (AvgIpc) is 2.40. The number of rotatable bonds is 4. The maximum absolute atomic E-state index is 12.1. The van der Waals surface area contributed by atoms with Crippen molar-refractivity contribution >= 4 is 11.8 Å². The minimum atomic E-state index is -0.155. The second-order valence-electron chi connectivity index (χ2n) is 5.66. The third kappa shape index (κ3) is 3.78. The van der Waals surface area contributed by atoms with Crippen LogP contribution in [-0.4, -0.2) is 42.4 Å². The molecule has 2 fully saturated rings. The summed E-state index contributed by atoms with van der Waals surface area (Å²) in [7, 11) is 0. The standard InChI is InChI=1S/C15H25NO3/c1-2-19-15(18)11-16-10-6-5-8-13(16)12-7-3-4-9-14(12)17/h12-13H,2-11H2,1H3. The zero-order chi connectivity index (χ0) is 13.7. The molecule has 4 heteroatoms. The Kier molecular flexibility index (Phi) is 5.37. The molecule has 0 bridgehead atoms. The van der Waals surface area contributed by atoms with Crippen molar-refractivity contribution < 1.29 is 14.3 Å². The van der Waals surface area contributed by atoms with Gasteiger partial charge in [-0.3, -0.25) is 14.5 Å². The van der Waals surface area contributed by atoms with Crippen LogP contribution < -0.4 is 0 Å². The molecule has 1 saturated carbocycles. The molecular formula is C15H25NO3. The molecule has 0 aromatic carbocycles. The van der Waals surface area contributed by atoms with E-state index in [9.17, 15) is 9.59 Å². The fraction of sp³-hybridized carbons (Fsp3) is 0.867. The van der Waals surface area contributed by atoms with Gasteiger partial charge in [0.25, 0.3) is 0 Å². The molecule has 2 rings (SSSR count). The summed E-state index contributed by atoms with van der Waals surface area (Å²) in [6.07, 6.45) is 7.28. The van der Waals surface area contributed by atoms with E-state index in [0.717, 1.165) is 45.1 Å². The first-order valence-corrected chi connectivity index (χ1v) is 7.64. The van der Waals surface area contributed by atoms with Gasteiger partial charge >= 0.3 is 5.97 Å². The first kappa shape index (κ1) is 14.5. The summed E-state index contributed by atoms with van der Waals surface area (Å²) in [5, 5.41) is 0. The normalized spacial score (nSPS) is 29.2. The molecule has 0 radical (unpaired) electrons. The zero-order valence-electron chi connectivity index (χ0n) is 11.9. The van der Waals surface area contributed by atoms with Gasteiger partial charge in [-0.1, -0.05) is 12.8 Å². The third-order valence-electron chi connectivity index (χ3n) is 4.37. The summed E-state index contributed by atoms with van der Waals surface area (Å²) in [5.41, 5.74) is 0. The lowest BCUT2D eigenvalue weighted by Crippen LogP contribution is -2.49. The molecule has 1 heterocycles. The molecule has 0 N–H and O–H groups in total. The van der Waals surface area contributed by atoms with Gasteiger partial charge in [-0.05, 0) is 39.2 Å². The van der Waals surface area contributed by atoms with E-state index >= 15 is 0 Å². The van der Waals surface area contributed by atoms with Crippen LogP contribution in [0.5, 0.6) is 0 Å². The van der Waals surface area contributed by atoms with Gasteiger partial charge in [-0.15, -0.1) is 0 Å². The SMILES string of the molecule is CCOC(=O)CN1CCCCC1C1CCCCC1=O. The van der Waals surface area contributed by atoms with Gasteiger partial charge in [0, 0.05) is 18.4 Å². The van der Waals surface area contributed by atoms with Crippen LogP contribution in [0.2, 0.25) is 0 Å². The second kappa shape index (κ2) is 7.04. The van der Waals surface area contributed by atoms with Gasteiger partial charge in [0.05, 0.1) is 13.2 Å². The van der Waals surface area contributed by atoms with Crippen molar-refractivity contribution in [1.82, 2.24) is 4.90 Å². The molecule has 4 nitrogen and oxygen atoms in total. The number of carbonyl (C=O) groups excluding carboxylic acids is 2. The molecule has 1 aliphatic carbocycles.